The Morgan fingerprint density at radius 1 is 0.225 bits per heavy atom. The summed E-state index contributed by atoms with van der Waals surface area (Å²) in [5.74, 6) is 1.90. The van der Waals surface area contributed by atoms with Gasteiger partial charge in [-0.1, -0.05) is 224 Å². The van der Waals surface area contributed by atoms with Crippen LogP contribution in [0.25, 0.3) is 138 Å². The first-order chi connectivity index (χ1) is 35.2. The number of rotatable bonds is 7. The van der Waals surface area contributed by atoms with Gasteiger partial charge in [0.15, 0.2) is 17.5 Å². The van der Waals surface area contributed by atoms with Crippen LogP contribution in [-0.4, -0.2) is 19.5 Å². The van der Waals surface area contributed by atoms with Crippen molar-refractivity contribution in [2.75, 3.05) is 0 Å². The van der Waals surface area contributed by atoms with Crippen LogP contribution in [0.4, 0.5) is 0 Å². The third-order valence-corrected chi connectivity index (χ3v) is 14.2. The molecule has 14 aromatic rings. The molecule has 0 saturated carbocycles. The number of hydrogen-bond acceptors (Lipinski definition) is 3. The lowest BCUT2D eigenvalue weighted by molar-refractivity contribution is 1.08. The first kappa shape index (κ1) is 40.5. The molecule has 0 spiro atoms. The molecule has 0 aliphatic carbocycles. The van der Waals surface area contributed by atoms with Crippen molar-refractivity contribution in [3.05, 3.63) is 255 Å². The minimum Gasteiger partial charge on any atom is -0.309 e. The molecule has 4 heteroatoms. The van der Waals surface area contributed by atoms with Gasteiger partial charge in [-0.05, 0) is 107 Å². The number of nitrogens with zero attached hydrogens (tertiary/aromatic N) is 4. The normalized spacial score (nSPS) is 11.7. The quantitative estimate of drug-likeness (QED) is 0.150. The highest BCUT2D eigenvalue weighted by Gasteiger charge is 2.22. The van der Waals surface area contributed by atoms with Crippen molar-refractivity contribution in [2.24, 2.45) is 0 Å². The molecule has 0 N–H and O–H groups in total. The molecule has 0 radical (unpaired) electrons. The molecule has 330 valence electrons. The topological polar surface area (TPSA) is 43.6 Å². The van der Waals surface area contributed by atoms with E-state index in [-0.39, 0.29) is 0 Å². The van der Waals surface area contributed by atoms with Crippen LogP contribution in [-0.2, 0) is 0 Å². The van der Waals surface area contributed by atoms with Gasteiger partial charge in [-0.15, -0.1) is 0 Å². The predicted octanol–water partition coefficient (Wildman–Crippen LogP) is 17.6. The number of aromatic nitrogens is 4. The summed E-state index contributed by atoms with van der Waals surface area (Å²) in [4.78, 5) is 15.5. The van der Waals surface area contributed by atoms with Crippen LogP contribution in [0.5, 0.6) is 0 Å². The smallest absolute Gasteiger partial charge is 0.164 e. The second kappa shape index (κ2) is 16.6. The Labute approximate surface area is 410 Å². The van der Waals surface area contributed by atoms with Crippen molar-refractivity contribution in [1.29, 1.82) is 0 Å². The van der Waals surface area contributed by atoms with Gasteiger partial charge in [0.2, 0.25) is 0 Å². The SMILES string of the molecule is c1ccc(-c2ccc3c4ccc(-c5ccccc5)cc4n(-c4cc(-c5ccc(-c6nc(-c7ccccc7)nc(-c7ccccc7)n6)c6ccccc56)c5c6ccccc6c6ccccc6c5c4)c3c2)cc1. The van der Waals surface area contributed by atoms with E-state index in [1.807, 2.05) is 36.4 Å². The van der Waals surface area contributed by atoms with E-state index < -0.39 is 0 Å². The number of hydrogen-bond donors (Lipinski definition) is 0. The van der Waals surface area contributed by atoms with E-state index in [9.17, 15) is 0 Å². The van der Waals surface area contributed by atoms with Crippen LogP contribution in [0, 0.1) is 0 Å². The molecular formula is C67H42N4. The average Bonchev–Trinajstić information content (AvgIpc) is 3.78. The second-order valence-corrected chi connectivity index (χ2v) is 18.3. The van der Waals surface area contributed by atoms with Gasteiger partial charge in [0.25, 0.3) is 0 Å². The molecule has 12 aromatic carbocycles. The van der Waals surface area contributed by atoms with Crippen LogP contribution in [0.2, 0.25) is 0 Å². The molecule has 0 atom stereocenters. The molecule has 0 aliphatic rings. The highest BCUT2D eigenvalue weighted by molar-refractivity contribution is 6.30. The van der Waals surface area contributed by atoms with Crippen LogP contribution in [0.15, 0.2) is 255 Å². The molecule has 71 heavy (non-hydrogen) atoms. The van der Waals surface area contributed by atoms with Gasteiger partial charge < -0.3 is 4.57 Å². The monoisotopic (exact) mass is 902 g/mol. The van der Waals surface area contributed by atoms with Gasteiger partial charge in [0.05, 0.1) is 11.0 Å². The van der Waals surface area contributed by atoms with Gasteiger partial charge in [-0.3, -0.25) is 0 Å². The van der Waals surface area contributed by atoms with Crippen LogP contribution in [0.1, 0.15) is 0 Å². The Morgan fingerprint density at radius 2 is 0.620 bits per heavy atom. The molecule has 2 aromatic heterocycles. The summed E-state index contributed by atoms with van der Waals surface area (Å²) in [6.45, 7) is 0. The number of fused-ring (bicyclic) bond motifs is 10. The van der Waals surface area contributed by atoms with E-state index >= 15 is 0 Å². The third-order valence-electron chi connectivity index (χ3n) is 14.2. The largest absolute Gasteiger partial charge is 0.309 e. The maximum Gasteiger partial charge on any atom is 0.164 e. The van der Waals surface area contributed by atoms with Crippen LogP contribution in [0.3, 0.4) is 0 Å². The molecule has 0 saturated heterocycles. The van der Waals surface area contributed by atoms with Gasteiger partial charge in [-0.2, -0.15) is 0 Å². The molecule has 4 nitrogen and oxygen atoms in total. The predicted molar refractivity (Wildman–Crippen MR) is 297 cm³/mol. The number of benzene rings is 12. The second-order valence-electron chi connectivity index (χ2n) is 18.3. The summed E-state index contributed by atoms with van der Waals surface area (Å²) in [7, 11) is 0. The lowest BCUT2D eigenvalue weighted by Gasteiger charge is -2.20. The fourth-order valence-corrected chi connectivity index (χ4v) is 10.9. The summed E-state index contributed by atoms with van der Waals surface area (Å²) >= 11 is 0. The van der Waals surface area contributed by atoms with Crippen molar-refractivity contribution in [3.8, 4) is 73.2 Å². The highest BCUT2D eigenvalue weighted by Crippen LogP contribution is 2.46. The molecule has 0 bridgehead atoms. The van der Waals surface area contributed by atoms with Crippen molar-refractivity contribution < 1.29 is 0 Å². The molecule has 2 heterocycles. The van der Waals surface area contributed by atoms with Crippen LogP contribution >= 0.6 is 0 Å². The van der Waals surface area contributed by atoms with Gasteiger partial charge in [0.1, 0.15) is 0 Å². The highest BCUT2D eigenvalue weighted by atomic mass is 15.0. The molecule has 14 rings (SSSR count). The van der Waals surface area contributed by atoms with Gasteiger partial charge >= 0.3 is 0 Å². The van der Waals surface area contributed by atoms with Gasteiger partial charge in [-0.25, -0.2) is 15.0 Å². The lowest BCUT2D eigenvalue weighted by atomic mass is 9.86. The summed E-state index contributed by atoms with van der Waals surface area (Å²) in [5.41, 5.74) is 13.2. The first-order valence-electron chi connectivity index (χ1n) is 24.2. The van der Waals surface area contributed by atoms with E-state index in [2.05, 4.69) is 223 Å². The van der Waals surface area contributed by atoms with Crippen molar-refractivity contribution in [3.63, 3.8) is 0 Å². The van der Waals surface area contributed by atoms with E-state index in [1.54, 1.807) is 0 Å². The molecule has 0 aliphatic heterocycles. The Morgan fingerprint density at radius 3 is 1.14 bits per heavy atom. The van der Waals surface area contributed by atoms with Crippen molar-refractivity contribution >= 4 is 64.9 Å². The third kappa shape index (κ3) is 6.80. The Balaban J connectivity index is 1.08. The van der Waals surface area contributed by atoms with Crippen LogP contribution < -0.4 is 0 Å². The Hall–Kier alpha value is -9.51. The maximum absolute atomic E-state index is 5.22. The summed E-state index contributed by atoms with van der Waals surface area (Å²) in [5, 5.41) is 11.9. The van der Waals surface area contributed by atoms with E-state index in [1.165, 1.54) is 65.3 Å². The molecular weight excluding hydrogens is 861 g/mol. The Bertz CT molecular complexity index is 4220. The lowest BCUT2D eigenvalue weighted by Crippen LogP contribution is -2.01. The molecule has 0 unspecified atom stereocenters. The van der Waals surface area contributed by atoms with E-state index in [4.69, 9.17) is 15.0 Å². The zero-order chi connectivity index (χ0) is 46.8. The summed E-state index contributed by atoms with van der Waals surface area (Å²) in [6.07, 6.45) is 0. The summed E-state index contributed by atoms with van der Waals surface area (Å²) < 4.78 is 2.51. The summed E-state index contributed by atoms with van der Waals surface area (Å²) in [6, 6.07) is 91.7. The van der Waals surface area contributed by atoms with E-state index in [0.29, 0.717) is 17.5 Å². The molecule has 0 amide bonds. The standard InChI is InChI=1S/C67H42N4/c1-5-19-43(20-6-1)47-33-35-56-57-36-34-48(44-21-7-2-8-22-44)40-63(57)71(62(56)39-47)49-41-60-54-31-16-14-27-50(54)52-29-17-18-32-58(52)64(60)61(42-49)55-37-38-59(53-30-15-13-28-51(53)55)67-69-65(45-23-9-3-10-24-45)68-66(70-67)46-25-11-4-12-26-46/h1-42H. The van der Waals surface area contributed by atoms with Crippen molar-refractivity contribution in [1.82, 2.24) is 19.5 Å². The van der Waals surface area contributed by atoms with Crippen molar-refractivity contribution in [2.45, 2.75) is 0 Å². The minimum atomic E-state index is 0.629. The van der Waals surface area contributed by atoms with E-state index in [0.717, 1.165) is 55.3 Å². The maximum atomic E-state index is 5.22. The minimum absolute atomic E-state index is 0.629. The first-order valence-corrected chi connectivity index (χ1v) is 24.2. The zero-order valence-electron chi connectivity index (χ0n) is 38.5. The van der Waals surface area contributed by atoms with Gasteiger partial charge in [0, 0.05) is 33.2 Å². The average molecular weight is 903 g/mol. The fraction of sp³-hybridized carbons (Fsp3) is 0. The Kier molecular flexibility index (Phi) is 9.49. The zero-order valence-corrected chi connectivity index (χ0v) is 38.5. The fourth-order valence-electron chi connectivity index (χ4n) is 10.9. The molecule has 0 fully saturated rings.